The standard InChI is InChI=1S/C24H32N4O2/c1-4-20-10-8-9-13-22(20)25-23(29)18-26(3)24(30)19(2)27-14-16-28(17-15-27)21-11-6-5-7-12-21/h5-13,19H,4,14-18H2,1-3H3,(H,25,29)/t19-/m0/s1. The van der Waals surface area contributed by atoms with Gasteiger partial charge in [0.1, 0.15) is 0 Å². The SMILES string of the molecule is CCc1ccccc1NC(=O)CN(C)C(=O)[C@H](C)N1CCN(c2ccccc2)CC1. The number of benzene rings is 2. The normalized spacial score (nSPS) is 15.5. The van der Waals surface area contributed by atoms with Crippen LogP contribution in [-0.2, 0) is 16.0 Å². The molecule has 30 heavy (non-hydrogen) atoms. The highest BCUT2D eigenvalue weighted by Crippen LogP contribution is 2.18. The van der Waals surface area contributed by atoms with Crippen molar-refractivity contribution < 1.29 is 9.59 Å². The zero-order valence-corrected chi connectivity index (χ0v) is 18.2. The van der Waals surface area contributed by atoms with Gasteiger partial charge >= 0.3 is 0 Å². The Hall–Kier alpha value is -2.86. The molecule has 1 N–H and O–H groups in total. The zero-order valence-electron chi connectivity index (χ0n) is 18.2. The predicted octanol–water partition coefficient (Wildman–Crippen LogP) is 2.86. The van der Waals surface area contributed by atoms with Gasteiger partial charge in [-0.25, -0.2) is 0 Å². The van der Waals surface area contributed by atoms with Crippen LogP contribution in [0.5, 0.6) is 0 Å². The van der Waals surface area contributed by atoms with Gasteiger partial charge in [0.25, 0.3) is 0 Å². The maximum absolute atomic E-state index is 12.9. The molecule has 0 saturated carbocycles. The number of para-hydroxylation sites is 2. The molecule has 2 amide bonds. The number of rotatable bonds is 7. The average molecular weight is 409 g/mol. The maximum atomic E-state index is 12.9. The second-order valence-electron chi connectivity index (χ2n) is 7.79. The number of aryl methyl sites for hydroxylation is 1. The molecule has 1 fully saturated rings. The highest BCUT2D eigenvalue weighted by molar-refractivity contribution is 5.95. The van der Waals surface area contributed by atoms with Gasteiger partial charge in [0, 0.05) is 44.6 Å². The quantitative estimate of drug-likeness (QED) is 0.766. The molecule has 0 spiro atoms. The molecule has 0 bridgehead atoms. The number of amides is 2. The third-order valence-corrected chi connectivity index (χ3v) is 5.77. The predicted molar refractivity (Wildman–Crippen MR) is 122 cm³/mol. The molecule has 3 rings (SSSR count). The molecular weight excluding hydrogens is 376 g/mol. The van der Waals surface area contributed by atoms with Crippen molar-refractivity contribution in [3.05, 3.63) is 60.2 Å². The number of nitrogens with one attached hydrogen (secondary N) is 1. The Balaban J connectivity index is 1.50. The van der Waals surface area contributed by atoms with Crippen LogP contribution in [0, 0.1) is 0 Å². The van der Waals surface area contributed by atoms with E-state index in [0.717, 1.165) is 43.9 Å². The fourth-order valence-corrected chi connectivity index (χ4v) is 3.91. The summed E-state index contributed by atoms with van der Waals surface area (Å²) in [5, 5.41) is 2.94. The fraction of sp³-hybridized carbons (Fsp3) is 0.417. The first-order chi connectivity index (χ1) is 14.5. The molecule has 1 saturated heterocycles. The van der Waals surface area contributed by atoms with Crippen LogP contribution in [0.1, 0.15) is 19.4 Å². The number of anilines is 2. The zero-order chi connectivity index (χ0) is 21.5. The summed E-state index contributed by atoms with van der Waals surface area (Å²) in [6, 6.07) is 17.9. The molecular formula is C24H32N4O2. The molecule has 6 nitrogen and oxygen atoms in total. The molecule has 1 heterocycles. The van der Waals surface area contributed by atoms with E-state index < -0.39 is 0 Å². The highest BCUT2D eigenvalue weighted by Gasteiger charge is 2.28. The van der Waals surface area contributed by atoms with E-state index in [2.05, 4.69) is 34.2 Å². The monoisotopic (exact) mass is 408 g/mol. The summed E-state index contributed by atoms with van der Waals surface area (Å²) in [6.45, 7) is 7.46. The topological polar surface area (TPSA) is 55.9 Å². The molecule has 1 aliphatic heterocycles. The maximum Gasteiger partial charge on any atom is 0.243 e. The minimum atomic E-state index is -0.247. The van der Waals surface area contributed by atoms with Gasteiger partial charge in [0.2, 0.25) is 11.8 Å². The molecule has 0 radical (unpaired) electrons. The van der Waals surface area contributed by atoms with Crippen molar-refractivity contribution in [3.8, 4) is 0 Å². The third kappa shape index (κ3) is 5.39. The number of likely N-dealkylation sites (N-methyl/N-ethyl adjacent to an activating group) is 1. The van der Waals surface area contributed by atoms with Gasteiger partial charge in [-0.05, 0) is 37.1 Å². The first-order valence-corrected chi connectivity index (χ1v) is 10.7. The van der Waals surface area contributed by atoms with Crippen LogP contribution in [0.3, 0.4) is 0 Å². The average Bonchev–Trinajstić information content (AvgIpc) is 2.79. The van der Waals surface area contributed by atoms with E-state index in [-0.39, 0.29) is 24.4 Å². The van der Waals surface area contributed by atoms with Crippen LogP contribution in [0.25, 0.3) is 0 Å². The summed E-state index contributed by atoms with van der Waals surface area (Å²) in [7, 11) is 1.70. The number of hydrogen-bond acceptors (Lipinski definition) is 4. The third-order valence-electron chi connectivity index (χ3n) is 5.77. The summed E-state index contributed by atoms with van der Waals surface area (Å²) in [6.07, 6.45) is 0.844. The van der Waals surface area contributed by atoms with E-state index >= 15 is 0 Å². The lowest BCUT2D eigenvalue weighted by Crippen LogP contribution is -2.54. The molecule has 0 unspecified atom stereocenters. The Morgan fingerprint density at radius 1 is 1.00 bits per heavy atom. The van der Waals surface area contributed by atoms with Gasteiger partial charge in [-0.3, -0.25) is 14.5 Å². The summed E-state index contributed by atoms with van der Waals surface area (Å²) in [4.78, 5) is 31.4. The van der Waals surface area contributed by atoms with E-state index in [4.69, 9.17) is 0 Å². The summed E-state index contributed by atoms with van der Waals surface area (Å²) >= 11 is 0. The molecule has 1 atom stereocenters. The second-order valence-corrected chi connectivity index (χ2v) is 7.79. The smallest absolute Gasteiger partial charge is 0.243 e. The Morgan fingerprint density at radius 3 is 2.30 bits per heavy atom. The molecule has 6 heteroatoms. The fourth-order valence-electron chi connectivity index (χ4n) is 3.91. The van der Waals surface area contributed by atoms with Gasteiger partial charge in [-0.2, -0.15) is 0 Å². The lowest BCUT2D eigenvalue weighted by Gasteiger charge is -2.39. The van der Waals surface area contributed by atoms with Crippen molar-refractivity contribution >= 4 is 23.2 Å². The largest absolute Gasteiger partial charge is 0.369 e. The van der Waals surface area contributed by atoms with Gasteiger partial charge in [-0.15, -0.1) is 0 Å². The lowest BCUT2D eigenvalue weighted by atomic mass is 10.1. The van der Waals surface area contributed by atoms with E-state index in [1.54, 1.807) is 7.05 Å². The van der Waals surface area contributed by atoms with E-state index in [1.807, 2.05) is 49.4 Å². The Labute approximate surface area is 179 Å². The van der Waals surface area contributed by atoms with Gasteiger partial charge in [-0.1, -0.05) is 43.3 Å². The van der Waals surface area contributed by atoms with Gasteiger partial charge < -0.3 is 15.1 Å². The van der Waals surface area contributed by atoms with E-state index in [1.165, 1.54) is 10.6 Å². The number of nitrogens with zero attached hydrogens (tertiary/aromatic N) is 3. The van der Waals surface area contributed by atoms with Crippen LogP contribution in [-0.4, -0.2) is 67.4 Å². The van der Waals surface area contributed by atoms with Crippen LogP contribution in [0.4, 0.5) is 11.4 Å². The minimum Gasteiger partial charge on any atom is -0.369 e. The van der Waals surface area contributed by atoms with Crippen LogP contribution < -0.4 is 10.2 Å². The Bertz CT molecular complexity index is 847. The first-order valence-electron chi connectivity index (χ1n) is 10.7. The van der Waals surface area contributed by atoms with Gasteiger partial charge in [0.15, 0.2) is 0 Å². The van der Waals surface area contributed by atoms with E-state index in [9.17, 15) is 9.59 Å². The Morgan fingerprint density at radius 2 is 1.63 bits per heavy atom. The highest BCUT2D eigenvalue weighted by atomic mass is 16.2. The van der Waals surface area contributed by atoms with Crippen LogP contribution >= 0.6 is 0 Å². The van der Waals surface area contributed by atoms with Crippen molar-refractivity contribution in [3.63, 3.8) is 0 Å². The molecule has 0 aliphatic carbocycles. The minimum absolute atomic E-state index is 0.0258. The number of carbonyl (C=O) groups is 2. The van der Waals surface area contributed by atoms with Crippen molar-refractivity contribution in [2.45, 2.75) is 26.3 Å². The van der Waals surface area contributed by atoms with Crippen molar-refractivity contribution in [1.82, 2.24) is 9.80 Å². The van der Waals surface area contributed by atoms with Crippen LogP contribution in [0.2, 0.25) is 0 Å². The van der Waals surface area contributed by atoms with Gasteiger partial charge in [0.05, 0.1) is 12.6 Å². The summed E-state index contributed by atoms with van der Waals surface area (Å²) in [5.74, 6) is -0.199. The molecule has 2 aromatic carbocycles. The van der Waals surface area contributed by atoms with E-state index in [0.29, 0.717) is 0 Å². The molecule has 160 valence electrons. The number of piperazine rings is 1. The number of carbonyl (C=O) groups excluding carboxylic acids is 2. The molecule has 1 aliphatic rings. The first kappa shape index (κ1) is 21.8. The Kier molecular flexibility index (Phi) is 7.46. The number of hydrogen-bond donors (Lipinski definition) is 1. The molecule has 0 aromatic heterocycles. The van der Waals surface area contributed by atoms with Crippen molar-refractivity contribution in [1.29, 1.82) is 0 Å². The van der Waals surface area contributed by atoms with Crippen molar-refractivity contribution in [2.75, 3.05) is 50.0 Å². The second kappa shape index (κ2) is 10.3. The lowest BCUT2D eigenvalue weighted by molar-refractivity contribution is -0.137. The summed E-state index contributed by atoms with van der Waals surface area (Å²) < 4.78 is 0. The molecule has 2 aromatic rings. The van der Waals surface area contributed by atoms with Crippen molar-refractivity contribution in [2.24, 2.45) is 0 Å². The van der Waals surface area contributed by atoms with Crippen LogP contribution in [0.15, 0.2) is 54.6 Å². The summed E-state index contributed by atoms with van der Waals surface area (Å²) in [5.41, 5.74) is 3.12.